The molecule has 2 fully saturated rings. The van der Waals surface area contributed by atoms with Gasteiger partial charge in [-0.1, -0.05) is 0 Å². The van der Waals surface area contributed by atoms with Gasteiger partial charge in [0.2, 0.25) is 0 Å². The van der Waals surface area contributed by atoms with Gasteiger partial charge in [-0.25, -0.2) is 0 Å². The van der Waals surface area contributed by atoms with E-state index in [9.17, 15) is 4.79 Å². The largest absolute Gasteiger partial charge is 0.460 e. The molecular weight excluding hydrogens is 230 g/mol. The summed E-state index contributed by atoms with van der Waals surface area (Å²) >= 11 is 0. The zero-order valence-corrected chi connectivity index (χ0v) is 11.7. The third-order valence-electron chi connectivity index (χ3n) is 3.98. The van der Waals surface area contributed by atoms with E-state index in [0.29, 0.717) is 6.54 Å². The van der Waals surface area contributed by atoms with E-state index in [1.165, 1.54) is 0 Å². The molecule has 2 aliphatic rings. The van der Waals surface area contributed by atoms with Gasteiger partial charge in [0.1, 0.15) is 5.60 Å². The summed E-state index contributed by atoms with van der Waals surface area (Å²) in [6, 6.07) is 0. The van der Waals surface area contributed by atoms with Crippen LogP contribution in [0.2, 0.25) is 0 Å². The van der Waals surface area contributed by atoms with Gasteiger partial charge in [-0.3, -0.25) is 4.79 Å². The lowest BCUT2D eigenvalue weighted by molar-refractivity contribution is -0.177. The molecule has 4 heteroatoms. The van der Waals surface area contributed by atoms with Gasteiger partial charge in [-0.05, 0) is 51.9 Å². The second kappa shape index (κ2) is 4.82. The average molecular weight is 255 g/mol. The standard InChI is InChI=1S/C14H25NO3/c1-13(2,3)18-12(16)10-6-14(7-10)5-4-11(8-15)17-9-14/h10-11H,4-9,15H2,1-3H3. The van der Waals surface area contributed by atoms with Gasteiger partial charge >= 0.3 is 5.97 Å². The van der Waals surface area contributed by atoms with Gasteiger partial charge in [0, 0.05) is 6.54 Å². The van der Waals surface area contributed by atoms with Gasteiger partial charge in [-0.2, -0.15) is 0 Å². The Hall–Kier alpha value is -0.610. The molecule has 18 heavy (non-hydrogen) atoms. The van der Waals surface area contributed by atoms with E-state index in [0.717, 1.165) is 32.3 Å². The molecule has 2 rings (SSSR count). The first-order valence-electron chi connectivity index (χ1n) is 6.88. The van der Waals surface area contributed by atoms with Crippen LogP contribution in [-0.2, 0) is 14.3 Å². The van der Waals surface area contributed by atoms with Gasteiger partial charge in [0.05, 0.1) is 18.6 Å². The SMILES string of the molecule is CC(C)(C)OC(=O)C1CC2(CCC(CN)OC2)C1. The highest BCUT2D eigenvalue weighted by Gasteiger charge is 2.50. The highest BCUT2D eigenvalue weighted by Crippen LogP contribution is 2.52. The minimum absolute atomic E-state index is 0.0472. The minimum atomic E-state index is -0.381. The maximum Gasteiger partial charge on any atom is 0.309 e. The van der Waals surface area contributed by atoms with Crippen LogP contribution in [0.25, 0.3) is 0 Å². The summed E-state index contributed by atoms with van der Waals surface area (Å²) in [4.78, 5) is 11.9. The maximum atomic E-state index is 11.9. The van der Waals surface area contributed by atoms with Crippen LogP contribution in [-0.4, -0.2) is 30.8 Å². The highest BCUT2D eigenvalue weighted by molar-refractivity contribution is 5.74. The topological polar surface area (TPSA) is 61.5 Å². The summed E-state index contributed by atoms with van der Waals surface area (Å²) in [6.07, 6.45) is 4.21. The molecule has 0 aromatic carbocycles. The van der Waals surface area contributed by atoms with Crippen molar-refractivity contribution in [3.63, 3.8) is 0 Å². The quantitative estimate of drug-likeness (QED) is 0.765. The lowest BCUT2D eigenvalue weighted by Gasteiger charge is -2.50. The second-order valence-electron chi connectivity index (χ2n) is 6.85. The summed E-state index contributed by atoms with van der Waals surface area (Å²) in [5.41, 5.74) is 5.45. The molecular formula is C14H25NO3. The van der Waals surface area contributed by atoms with Crippen LogP contribution in [0.3, 0.4) is 0 Å². The minimum Gasteiger partial charge on any atom is -0.460 e. The Labute approximate surface area is 109 Å². The Morgan fingerprint density at radius 2 is 2.11 bits per heavy atom. The van der Waals surface area contributed by atoms with Crippen LogP contribution in [0.15, 0.2) is 0 Å². The molecule has 1 aliphatic carbocycles. The fraction of sp³-hybridized carbons (Fsp3) is 0.929. The summed E-state index contributed by atoms with van der Waals surface area (Å²) in [5.74, 6) is 0.0244. The van der Waals surface area contributed by atoms with Crippen molar-refractivity contribution in [2.24, 2.45) is 17.1 Å². The second-order valence-corrected chi connectivity index (χ2v) is 6.85. The van der Waals surface area contributed by atoms with E-state index in [1.807, 2.05) is 20.8 Å². The number of rotatable bonds is 2. The summed E-state index contributed by atoms with van der Waals surface area (Å²) < 4.78 is 11.2. The lowest BCUT2D eigenvalue weighted by Crippen LogP contribution is -2.50. The normalized spacial score (nSPS) is 36.2. The molecule has 1 atom stereocenters. The first kappa shape index (κ1) is 13.8. The van der Waals surface area contributed by atoms with Crippen molar-refractivity contribution in [2.75, 3.05) is 13.2 Å². The van der Waals surface area contributed by atoms with Gasteiger partial charge in [0.25, 0.3) is 0 Å². The number of carbonyl (C=O) groups is 1. The van der Waals surface area contributed by atoms with Crippen LogP contribution >= 0.6 is 0 Å². The van der Waals surface area contributed by atoms with Crippen molar-refractivity contribution in [3.8, 4) is 0 Å². The molecule has 1 saturated heterocycles. The number of nitrogens with two attached hydrogens (primary N) is 1. The molecule has 0 aromatic rings. The molecule has 0 bridgehead atoms. The van der Waals surface area contributed by atoms with Crippen LogP contribution in [0, 0.1) is 11.3 Å². The molecule has 1 aliphatic heterocycles. The predicted molar refractivity (Wildman–Crippen MR) is 69.0 cm³/mol. The molecule has 0 aromatic heterocycles. The summed E-state index contributed by atoms with van der Waals surface area (Å²) in [6.45, 7) is 7.10. The molecule has 0 amide bonds. The fourth-order valence-electron chi connectivity index (χ4n) is 2.96. The molecule has 4 nitrogen and oxygen atoms in total. The smallest absolute Gasteiger partial charge is 0.309 e. The maximum absolute atomic E-state index is 11.9. The van der Waals surface area contributed by atoms with Gasteiger partial charge in [0.15, 0.2) is 0 Å². The first-order chi connectivity index (χ1) is 8.34. The molecule has 1 saturated carbocycles. The molecule has 0 radical (unpaired) electrons. The Bertz CT molecular complexity index is 305. The van der Waals surface area contributed by atoms with E-state index >= 15 is 0 Å². The van der Waals surface area contributed by atoms with Crippen LogP contribution < -0.4 is 5.73 Å². The van der Waals surface area contributed by atoms with Crippen molar-refractivity contribution in [1.82, 2.24) is 0 Å². The molecule has 1 heterocycles. The zero-order valence-electron chi connectivity index (χ0n) is 11.7. The number of hydrogen-bond donors (Lipinski definition) is 1. The number of hydrogen-bond acceptors (Lipinski definition) is 4. The van der Waals surface area contributed by atoms with Crippen LogP contribution in [0.1, 0.15) is 46.5 Å². The zero-order chi connectivity index (χ0) is 13.4. The fourth-order valence-corrected chi connectivity index (χ4v) is 2.96. The summed E-state index contributed by atoms with van der Waals surface area (Å²) in [7, 11) is 0. The Morgan fingerprint density at radius 1 is 1.44 bits per heavy atom. The Balaban J connectivity index is 1.78. The third kappa shape index (κ3) is 3.04. The molecule has 1 spiro atoms. The molecule has 2 N–H and O–H groups in total. The monoisotopic (exact) mass is 255 g/mol. The Morgan fingerprint density at radius 3 is 2.56 bits per heavy atom. The predicted octanol–water partition coefficient (Wildman–Crippen LogP) is 1.86. The number of carbonyl (C=O) groups excluding carboxylic acids is 1. The third-order valence-corrected chi connectivity index (χ3v) is 3.98. The van der Waals surface area contributed by atoms with E-state index in [4.69, 9.17) is 15.2 Å². The van der Waals surface area contributed by atoms with Gasteiger partial charge in [-0.15, -0.1) is 0 Å². The van der Waals surface area contributed by atoms with E-state index < -0.39 is 0 Å². The highest BCUT2D eigenvalue weighted by atomic mass is 16.6. The van der Waals surface area contributed by atoms with Crippen molar-refractivity contribution in [3.05, 3.63) is 0 Å². The van der Waals surface area contributed by atoms with Crippen molar-refractivity contribution >= 4 is 5.97 Å². The molecule has 1 unspecified atom stereocenters. The van der Waals surface area contributed by atoms with Gasteiger partial charge < -0.3 is 15.2 Å². The first-order valence-corrected chi connectivity index (χ1v) is 6.88. The van der Waals surface area contributed by atoms with Crippen molar-refractivity contribution < 1.29 is 14.3 Å². The molecule has 104 valence electrons. The summed E-state index contributed by atoms with van der Waals surface area (Å²) in [5, 5.41) is 0. The van der Waals surface area contributed by atoms with Crippen LogP contribution in [0.4, 0.5) is 0 Å². The lowest BCUT2D eigenvalue weighted by atomic mass is 9.59. The van der Waals surface area contributed by atoms with E-state index in [-0.39, 0.29) is 29.0 Å². The van der Waals surface area contributed by atoms with Crippen LogP contribution in [0.5, 0.6) is 0 Å². The Kier molecular flexibility index (Phi) is 3.70. The average Bonchev–Trinajstić information content (AvgIpc) is 2.23. The number of ether oxygens (including phenoxy) is 2. The van der Waals surface area contributed by atoms with E-state index in [2.05, 4.69) is 0 Å². The van der Waals surface area contributed by atoms with Crippen molar-refractivity contribution in [1.29, 1.82) is 0 Å². The number of esters is 1. The van der Waals surface area contributed by atoms with Crippen molar-refractivity contribution in [2.45, 2.75) is 58.2 Å². The van der Waals surface area contributed by atoms with E-state index in [1.54, 1.807) is 0 Å².